The summed E-state index contributed by atoms with van der Waals surface area (Å²) in [6, 6.07) is 1.96. The van der Waals surface area contributed by atoms with Crippen molar-refractivity contribution in [3.63, 3.8) is 0 Å². The average molecular weight is 304 g/mol. The molecule has 1 N–H and O–H groups in total. The topological polar surface area (TPSA) is 63.6 Å². The van der Waals surface area contributed by atoms with Crippen LogP contribution in [0.4, 0.5) is 0 Å². The van der Waals surface area contributed by atoms with Crippen LogP contribution in [-0.2, 0) is 28.8 Å². The van der Waals surface area contributed by atoms with Crippen molar-refractivity contribution in [2.24, 2.45) is 5.92 Å². The highest BCUT2D eigenvalue weighted by molar-refractivity contribution is 5.99. The molecule has 1 aromatic rings. The number of aryl methyl sites for hydroxylation is 1. The quantitative estimate of drug-likeness (QED) is 0.670. The van der Waals surface area contributed by atoms with E-state index in [1.54, 1.807) is 6.92 Å². The second-order valence-corrected chi connectivity index (χ2v) is 5.89. The van der Waals surface area contributed by atoms with E-state index in [9.17, 15) is 14.7 Å². The van der Waals surface area contributed by atoms with Crippen LogP contribution in [-0.4, -0.2) is 23.5 Å². The van der Waals surface area contributed by atoms with Crippen LogP contribution in [0.2, 0.25) is 0 Å². The molecule has 0 radical (unpaired) electrons. The zero-order valence-electron chi connectivity index (χ0n) is 13.6. The van der Waals surface area contributed by atoms with Crippen molar-refractivity contribution in [3.8, 4) is 5.75 Å². The van der Waals surface area contributed by atoms with E-state index in [0.717, 1.165) is 29.5 Å². The van der Waals surface area contributed by atoms with Crippen molar-refractivity contribution >= 4 is 11.8 Å². The van der Waals surface area contributed by atoms with E-state index in [0.29, 0.717) is 31.4 Å². The number of carbonyl (C=O) groups is 2. The molecule has 4 heteroatoms. The Bertz CT molecular complexity index is 589. The van der Waals surface area contributed by atoms with Crippen LogP contribution < -0.4 is 0 Å². The Balaban J connectivity index is 2.42. The van der Waals surface area contributed by atoms with Gasteiger partial charge in [0.1, 0.15) is 5.75 Å². The molecule has 1 aliphatic rings. The minimum atomic E-state index is -0.164. The first-order valence-electron chi connectivity index (χ1n) is 8.03. The molecule has 4 nitrogen and oxygen atoms in total. The number of ether oxygens (including phenoxy) is 1. The van der Waals surface area contributed by atoms with Crippen molar-refractivity contribution < 1.29 is 19.4 Å². The summed E-state index contributed by atoms with van der Waals surface area (Å²) in [5.41, 5.74) is 3.17. The van der Waals surface area contributed by atoms with Gasteiger partial charge >= 0.3 is 5.97 Å². The van der Waals surface area contributed by atoms with Gasteiger partial charge in [0, 0.05) is 0 Å². The van der Waals surface area contributed by atoms with Crippen LogP contribution in [0.25, 0.3) is 0 Å². The lowest BCUT2D eigenvalue weighted by atomic mass is 9.79. The minimum absolute atomic E-state index is 0.110. The predicted octanol–water partition coefficient (Wildman–Crippen LogP) is 3.22. The molecule has 120 valence electrons. The molecule has 0 heterocycles. The number of hydrogen-bond donors (Lipinski definition) is 1. The van der Waals surface area contributed by atoms with Crippen LogP contribution >= 0.6 is 0 Å². The van der Waals surface area contributed by atoms with Gasteiger partial charge in [-0.15, -0.1) is 0 Å². The Labute approximate surface area is 131 Å². The van der Waals surface area contributed by atoms with Crippen LogP contribution in [0, 0.1) is 5.92 Å². The van der Waals surface area contributed by atoms with Gasteiger partial charge in [-0.1, -0.05) is 19.4 Å². The second-order valence-electron chi connectivity index (χ2n) is 5.89. The number of rotatable bonds is 5. The summed E-state index contributed by atoms with van der Waals surface area (Å²) >= 11 is 0. The van der Waals surface area contributed by atoms with E-state index in [4.69, 9.17) is 4.74 Å². The summed E-state index contributed by atoms with van der Waals surface area (Å²) in [7, 11) is 0. The molecule has 0 bridgehead atoms. The van der Waals surface area contributed by atoms with Gasteiger partial charge in [-0.05, 0) is 56.2 Å². The van der Waals surface area contributed by atoms with E-state index in [2.05, 4.69) is 0 Å². The highest BCUT2D eigenvalue weighted by Gasteiger charge is 2.30. The van der Waals surface area contributed by atoms with Crippen LogP contribution in [0.1, 0.15) is 60.7 Å². The Morgan fingerprint density at radius 1 is 1.36 bits per heavy atom. The maximum Gasteiger partial charge on any atom is 0.309 e. The third kappa shape index (κ3) is 3.16. The van der Waals surface area contributed by atoms with Crippen molar-refractivity contribution in [2.45, 2.75) is 52.9 Å². The van der Waals surface area contributed by atoms with Gasteiger partial charge in [0.25, 0.3) is 0 Å². The van der Waals surface area contributed by atoms with Gasteiger partial charge in [0.05, 0.1) is 18.1 Å². The number of fused-ring (bicyclic) bond motifs is 1. The van der Waals surface area contributed by atoms with Gasteiger partial charge in [-0.3, -0.25) is 9.59 Å². The Morgan fingerprint density at radius 2 is 2.09 bits per heavy atom. The van der Waals surface area contributed by atoms with E-state index in [1.807, 2.05) is 13.0 Å². The molecule has 0 saturated carbocycles. The first-order valence-corrected chi connectivity index (χ1v) is 8.03. The first kappa shape index (κ1) is 16.5. The number of carbonyl (C=O) groups excluding carboxylic acids is 2. The number of Topliss-reactive ketones (excluding diaryl/α,β-unsaturated/α-hetero) is 1. The molecule has 1 atom stereocenters. The lowest BCUT2D eigenvalue weighted by molar-refractivity contribution is -0.148. The van der Waals surface area contributed by atoms with E-state index in [1.165, 1.54) is 6.92 Å². The fourth-order valence-electron chi connectivity index (χ4n) is 3.28. The molecule has 0 spiro atoms. The Kier molecular flexibility index (Phi) is 5.22. The van der Waals surface area contributed by atoms with Crippen molar-refractivity contribution in [1.29, 1.82) is 0 Å². The third-order valence-corrected chi connectivity index (χ3v) is 4.28. The number of esters is 1. The molecular weight excluding hydrogens is 280 g/mol. The van der Waals surface area contributed by atoms with Gasteiger partial charge in [0.2, 0.25) is 0 Å². The minimum Gasteiger partial charge on any atom is -0.507 e. The van der Waals surface area contributed by atoms with Crippen molar-refractivity contribution in [3.05, 3.63) is 28.3 Å². The molecule has 1 aliphatic carbocycles. The fraction of sp³-hybridized carbons (Fsp3) is 0.556. The van der Waals surface area contributed by atoms with Crippen LogP contribution in [0.3, 0.4) is 0 Å². The zero-order valence-corrected chi connectivity index (χ0v) is 13.6. The van der Waals surface area contributed by atoms with Crippen LogP contribution in [0.15, 0.2) is 6.07 Å². The molecule has 0 aliphatic heterocycles. The SMILES string of the molecule is CCCc1cc2c(c(C(C)=O)c1O)CCC(C(=O)OCC)C2. The highest BCUT2D eigenvalue weighted by Crippen LogP contribution is 2.36. The maximum atomic E-state index is 12.0. The molecule has 0 amide bonds. The molecule has 0 fully saturated rings. The van der Waals surface area contributed by atoms with Gasteiger partial charge in [0.15, 0.2) is 5.78 Å². The second kappa shape index (κ2) is 6.95. The smallest absolute Gasteiger partial charge is 0.309 e. The zero-order chi connectivity index (χ0) is 16.3. The third-order valence-electron chi connectivity index (χ3n) is 4.28. The average Bonchev–Trinajstić information content (AvgIpc) is 2.47. The summed E-state index contributed by atoms with van der Waals surface area (Å²) in [6.07, 6.45) is 3.51. The van der Waals surface area contributed by atoms with Crippen molar-refractivity contribution in [2.75, 3.05) is 6.61 Å². The number of aromatic hydroxyl groups is 1. The van der Waals surface area contributed by atoms with Gasteiger partial charge in [-0.2, -0.15) is 0 Å². The van der Waals surface area contributed by atoms with E-state index >= 15 is 0 Å². The fourth-order valence-corrected chi connectivity index (χ4v) is 3.28. The van der Waals surface area contributed by atoms with E-state index < -0.39 is 0 Å². The normalized spacial score (nSPS) is 17.0. The number of benzene rings is 1. The van der Waals surface area contributed by atoms with Crippen LogP contribution in [0.5, 0.6) is 5.75 Å². The first-order chi connectivity index (χ1) is 10.5. The standard InChI is InChI=1S/C18H24O4/c1-4-6-12-9-14-10-13(18(21)22-5-2)7-8-15(14)16(11(3)19)17(12)20/h9,13,20H,4-8,10H2,1-3H3. The number of phenolic OH excluding ortho intramolecular Hbond substituents is 1. The molecule has 2 rings (SSSR count). The molecule has 22 heavy (non-hydrogen) atoms. The maximum absolute atomic E-state index is 12.0. The summed E-state index contributed by atoms with van der Waals surface area (Å²) in [4.78, 5) is 23.9. The summed E-state index contributed by atoms with van der Waals surface area (Å²) < 4.78 is 5.12. The Hall–Kier alpha value is -1.84. The largest absolute Gasteiger partial charge is 0.507 e. The molecule has 1 aromatic carbocycles. The summed E-state index contributed by atoms with van der Waals surface area (Å²) in [5, 5.41) is 10.4. The molecule has 0 saturated heterocycles. The lowest BCUT2D eigenvalue weighted by Crippen LogP contribution is -2.26. The monoisotopic (exact) mass is 304 g/mol. The molecule has 1 unspecified atom stereocenters. The highest BCUT2D eigenvalue weighted by atomic mass is 16.5. The van der Waals surface area contributed by atoms with Crippen molar-refractivity contribution in [1.82, 2.24) is 0 Å². The lowest BCUT2D eigenvalue weighted by Gasteiger charge is -2.26. The summed E-state index contributed by atoms with van der Waals surface area (Å²) in [6.45, 7) is 5.72. The summed E-state index contributed by atoms with van der Waals surface area (Å²) in [5.74, 6) is -0.294. The number of ketones is 1. The van der Waals surface area contributed by atoms with E-state index in [-0.39, 0.29) is 23.4 Å². The van der Waals surface area contributed by atoms with Gasteiger partial charge < -0.3 is 9.84 Å². The van der Waals surface area contributed by atoms with Gasteiger partial charge in [-0.25, -0.2) is 0 Å². The molecule has 0 aromatic heterocycles. The predicted molar refractivity (Wildman–Crippen MR) is 84.3 cm³/mol. The number of phenols is 1. The molecular formula is C18H24O4. The Morgan fingerprint density at radius 3 is 2.68 bits per heavy atom. The number of hydrogen-bond acceptors (Lipinski definition) is 4.